The molecule has 0 radical (unpaired) electrons. The van der Waals surface area contributed by atoms with Gasteiger partial charge in [0.15, 0.2) is 0 Å². The molecule has 0 aromatic heterocycles. The Morgan fingerprint density at radius 2 is 1.63 bits per heavy atom. The second-order valence-electron chi connectivity index (χ2n) is 7.49. The molecule has 4 nitrogen and oxygen atoms in total. The predicted molar refractivity (Wildman–Crippen MR) is 108 cm³/mol. The fourth-order valence-electron chi connectivity index (χ4n) is 3.48. The number of rotatable bonds is 8. The first kappa shape index (κ1) is 19.4. The van der Waals surface area contributed by atoms with Crippen LogP contribution < -0.4 is 15.0 Å². The van der Waals surface area contributed by atoms with Crippen molar-refractivity contribution in [3.05, 3.63) is 65.2 Å². The van der Waals surface area contributed by atoms with Crippen LogP contribution in [0.2, 0.25) is 0 Å². The van der Waals surface area contributed by atoms with Gasteiger partial charge < -0.3 is 15.0 Å². The Labute approximate surface area is 162 Å². The molecule has 144 valence electrons. The maximum atomic E-state index is 12.0. The summed E-state index contributed by atoms with van der Waals surface area (Å²) >= 11 is 0. The van der Waals surface area contributed by atoms with E-state index in [1.807, 2.05) is 31.2 Å². The Morgan fingerprint density at radius 3 is 2.33 bits per heavy atom. The number of hydrogen-bond donors (Lipinski definition) is 2. The summed E-state index contributed by atoms with van der Waals surface area (Å²) in [6.45, 7) is 6.71. The van der Waals surface area contributed by atoms with Gasteiger partial charge in [-0.3, -0.25) is 4.79 Å². The summed E-state index contributed by atoms with van der Waals surface area (Å²) in [5.74, 6) is 0.823. The van der Waals surface area contributed by atoms with E-state index in [-0.39, 0.29) is 5.91 Å². The van der Waals surface area contributed by atoms with Gasteiger partial charge in [-0.05, 0) is 43.9 Å². The van der Waals surface area contributed by atoms with Gasteiger partial charge in [-0.25, -0.2) is 0 Å². The minimum atomic E-state index is 0.0175. The quantitative estimate of drug-likeness (QED) is 0.753. The highest BCUT2D eigenvalue weighted by Crippen LogP contribution is 2.11. The second kappa shape index (κ2) is 10.1. The van der Waals surface area contributed by atoms with Gasteiger partial charge in [-0.15, -0.1) is 0 Å². The van der Waals surface area contributed by atoms with Crippen LogP contribution in [-0.2, 0) is 17.9 Å². The predicted octanol–water partition coefficient (Wildman–Crippen LogP) is 2.65. The van der Waals surface area contributed by atoms with Gasteiger partial charge in [-0.1, -0.05) is 42.0 Å². The van der Waals surface area contributed by atoms with E-state index in [0.717, 1.165) is 17.9 Å². The number of benzene rings is 2. The number of hydrogen-bond acceptors (Lipinski definition) is 2. The number of quaternary nitrogens is 1. The summed E-state index contributed by atoms with van der Waals surface area (Å²) in [7, 11) is 0. The number of amides is 1. The van der Waals surface area contributed by atoms with Gasteiger partial charge in [0.05, 0.1) is 26.1 Å². The molecule has 1 saturated heterocycles. The first-order chi connectivity index (χ1) is 13.2. The van der Waals surface area contributed by atoms with E-state index >= 15 is 0 Å². The Balaban J connectivity index is 1.35. The van der Waals surface area contributed by atoms with Crippen LogP contribution in [0.5, 0.6) is 5.75 Å². The average Bonchev–Trinajstić information content (AvgIpc) is 2.70. The van der Waals surface area contributed by atoms with E-state index in [1.165, 1.54) is 43.5 Å². The number of aryl methyl sites for hydroxylation is 1. The van der Waals surface area contributed by atoms with Crippen LogP contribution in [0.3, 0.4) is 0 Å². The third kappa shape index (κ3) is 6.72. The lowest BCUT2D eigenvalue weighted by atomic mass is 10.1. The smallest absolute Gasteiger partial charge is 0.223 e. The zero-order valence-electron chi connectivity index (χ0n) is 16.3. The number of carbonyl (C=O) groups excluding carboxylic acids is 1. The highest BCUT2D eigenvalue weighted by Gasteiger charge is 2.13. The molecule has 1 aliphatic heterocycles. The lowest BCUT2D eigenvalue weighted by Gasteiger charge is -2.23. The van der Waals surface area contributed by atoms with Crippen LogP contribution in [0.4, 0.5) is 0 Å². The molecule has 1 amide bonds. The fraction of sp³-hybridized carbons (Fsp3) is 0.435. The van der Waals surface area contributed by atoms with Crippen LogP contribution in [0.1, 0.15) is 42.4 Å². The number of carbonyl (C=O) groups is 1. The lowest BCUT2D eigenvalue weighted by molar-refractivity contribution is -0.918. The maximum absolute atomic E-state index is 12.0. The van der Waals surface area contributed by atoms with Crippen molar-refractivity contribution in [2.75, 3.05) is 19.7 Å². The summed E-state index contributed by atoms with van der Waals surface area (Å²) < 4.78 is 5.61. The maximum Gasteiger partial charge on any atom is 0.223 e. The zero-order chi connectivity index (χ0) is 18.9. The minimum Gasteiger partial charge on any atom is -0.493 e. The molecule has 0 bridgehead atoms. The summed E-state index contributed by atoms with van der Waals surface area (Å²) in [4.78, 5) is 13.7. The molecule has 0 saturated carbocycles. The van der Waals surface area contributed by atoms with Crippen molar-refractivity contribution in [2.45, 2.75) is 45.7 Å². The molecular weight excluding hydrogens is 336 g/mol. The zero-order valence-corrected chi connectivity index (χ0v) is 16.3. The van der Waals surface area contributed by atoms with E-state index in [2.05, 4.69) is 29.6 Å². The number of ether oxygens (including phenoxy) is 1. The molecule has 27 heavy (non-hydrogen) atoms. The monoisotopic (exact) mass is 367 g/mol. The normalized spacial score (nSPS) is 14.7. The lowest BCUT2D eigenvalue weighted by Crippen LogP contribution is -3.11. The Hall–Kier alpha value is -2.33. The van der Waals surface area contributed by atoms with Crippen molar-refractivity contribution in [3.8, 4) is 5.75 Å². The van der Waals surface area contributed by atoms with Gasteiger partial charge in [0, 0.05) is 12.1 Å². The largest absolute Gasteiger partial charge is 0.493 e. The van der Waals surface area contributed by atoms with Crippen molar-refractivity contribution >= 4 is 5.91 Å². The topological polar surface area (TPSA) is 42.8 Å². The first-order valence-electron chi connectivity index (χ1n) is 10.1. The van der Waals surface area contributed by atoms with Crippen molar-refractivity contribution in [1.82, 2.24) is 5.32 Å². The molecule has 4 heteroatoms. The van der Waals surface area contributed by atoms with Gasteiger partial charge in [0.1, 0.15) is 12.3 Å². The Kier molecular flexibility index (Phi) is 7.28. The van der Waals surface area contributed by atoms with Crippen molar-refractivity contribution in [1.29, 1.82) is 0 Å². The van der Waals surface area contributed by atoms with Gasteiger partial charge in [0.2, 0.25) is 5.91 Å². The van der Waals surface area contributed by atoms with Crippen LogP contribution in [0.25, 0.3) is 0 Å². The van der Waals surface area contributed by atoms with E-state index in [4.69, 9.17) is 4.74 Å². The van der Waals surface area contributed by atoms with Crippen LogP contribution in [-0.4, -0.2) is 25.6 Å². The minimum absolute atomic E-state index is 0.0175. The summed E-state index contributed by atoms with van der Waals surface area (Å²) in [6.07, 6.45) is 4.46. The molecular formula is C23H31N2O2+. The standard InChI is InChI=1S/C23H30N2O2/c1-19-5-11-22(12-6-19)27-16-13-23(26)24-17-20-7-9-21(10-8-20)18-25-14-3-2-4-15-25/h5-12H,2-4,13-18H2,1H3,(H,24,26)/p+1. The van der Waals surface area contributed by atoms with Crippen LogP contribution in [0, 0.1) is 6.92 Å². The molecule has 0 spiro atoms. The van der Waals surface area contributed by atoms with E-state index < -0.39 is 0 Å². The SMILES string of the molecule is Cc1ccc(OCCC(=O)NCc2ccc(C[NH+]3CCCCC3)cc2)cc1. The van der Waals surface area contributed by atoms with Crippen molar-refractivity contribution in [2.24, 2.45) is 0 Å². The van der Waals surface area contributed by atoms with Gasteiger partial charge >= 0.3 is 0 Å². The van der Waals surface area contributed by atoms with Crippen LogP contribution in [0.15, 0.2) is 48.5 Å². The molecule has 3 rings (SSSR count). The molecule has 2 N–H and O–H groups in total. The number of likely N-dealkylation sites (tertiary alicyclic amines) is 1. The van der Waals surface area contributed by atoms with E-state index in [9.17, 15) is 4.79 Å². The fourth-order valence-corrected chi connectivity index (χ4v) is 3.48. The number of nitrogens with one attached hydrogen (secondary N) is 2. The summed E-state index contributed by atoms with van der Waals surface area (Å²) in [6, 6.07) is 16.5. The molecule has 0 aliphatic carbocycles. The second-order valence-corrected chi connectivity index (χ2v) is 7.49. The Bertz CT molecular complexity index is 704. The van der Waals surface area contributed by atoms with Crippen LogP contribution >= 0.6 is 0 Å². The number of piperidine rings is 1. The van der Waals surface area contributed by atoms with Crippen molar-refractivity contribution < 1.29 is 14.4 Å². The summed E-state index contributed by atoms with van der Waals surface area (Å²) in [5.41, 5.74) is 3.72. The third-order valence-corrected chi connectivity index (χ3v) is 5.15. The molecule has 1 heterocycles. The third-order valence-electron chi connectivity index (χ3n) is 5.15. The molecule has 1 aliphatic rings. The van der Waals surface area contributed by atoms with Gasteiger partial charge in [-0.2, -0.15) is 0 Å². The Morgan fingerprint density at radius 1 is 0.963 bits per heavy atom. The highest BCUT2D eigenvalue weighted by molar-refractivity contribution is 5.76. The molecule has 2 aromatic rings. The molecule has 0 unspecified atom stereocenters. The van der Waals surface area contributed by atoms with Gasteiger partial charge in [0.25, 0.3) is 0 Å². The first-order valence-corrected chi connectivity index (χ1v) is 10.1. The molecule has 0 atom stereocenters. The van der Waals surface area contributed by atoms with E-state index in [0.29, 0.717) is 19.6 Å². The average molecular weight is 368 g/mol. The highest BCUT2D eigenvalue weighted by atomic mass is 16.5. The summed E-state index contributed by atoms with van der Waals surface area (Å²) in [5, 5.41) is 2.97. The molecule has 2 aromatic carbocycles. The van der Waals surface area contributed by atoms with E-state index in [1.54, 1.807) is 4.90 Å². The van der Waals surface area contributed by atoms with Crippen molar-refractivity contribution in [3.63, 3.8) is 0 Å². The molecule has 1 fully saturated rings.